The van der Waals surface area contributed by atoms with Gasteiger partial charge in [0.05, 0.1) is 12.6 Å². The Labute approximate surface area is 59.8 Å². The quantitative estimate of drug-likeness (QED) is 0.328. The van der Waals surface area contributed by atoms with Gasteiger partial charge < -0.3 is 4.74 Å². The van der Waals surface area contributed by atoms with Gasteiger partial charge in [-0.05, 0) is 17.9 Å². The molecule has 2 atom stereocenters. The van der Waals surface area contributed by atoms with Crippen LogP contribution in [0.4, 0.5) is 0 Å². The van der Waals surface area contributed by atoms with Crippen molar-refractivity contribution in [1.82, 2.24) is 0 Å². The van der Waals surface area contributed by atoms with Crippen LogP contribution >= 0.6 is 0 Å². The van der Waals surface area contributed by atoms with Gasteiger partial charge in [-0.15, -0.1) is 0 Å². The van der Waals surface area contributed by atoms with Gasteiger partial charge in [-0.2, -0.15) is 0 Å². The zero-order chi connectivity index (χ0) is 7.40. The Morgan fingerprint density at radius 1 is 1.80 bits per heavy atom. The molecule has 4 heteroatoms. The van der Waals surface area contributed by atoms with Crippen LogP contribution in [0.2, 0.25) is 0 Å². The van der Waals surface area contributed by atoms with Crippen LogP contribution in [-0.2, 0) is 4.74 Å². The number of nitrogens with zero attached hydrogens (tertiary/aromatic N) is 3. The Bertz CT molecular complexity index is 153. The van der Waals surface area contributed by atoms with Crippen molar-refractivity contribution in [3.05, 3.63) is 10.4 Å². The summed E-state index contributed by atoms with van der Waals surface area (Å²) < 4.78 is 5.30. The largest absolute Gasteiger partial charge is 0.378 e. The molecule has 0 radical (unpaired) electrons. The summed E-state index contributed by atoms with van der Waals surface area (Å²) in [6.07, 6.45) is 1.20. The molecule has 1 fully saturated rings. The third kappa shape index (κ3) is 1.90. The first-order chi connectivity index (χ1) is 4.83. The van der Waals surface area contributed by atoms with Crippen LogP contribution in [0, 0.1) is 5.92 Å². The van der Waals surface area contributed by atoms with Crippen LogP contribution in [0.5, 0.6) is 0 Å². The van der Waals surface area contributed by atoms with Crippen molar-refractivity contribution in [2.45, 2.75) is 19.4 Å². The topological polar surface area (TPSA) is 58.0 Å². The molecular formula is C6H11N3O. The molecule has 4 nitrogen and oxygen atoms in total. The third-order valence-corrected chi connectivity index (χ3v) is 1.63. The first-order valence-electron chi connectivity index (χ1n) is 3.45. The second-order valence-corrected chi connectivity index (χ2v) is 2.71. The second-order valence-electron chi connectivity index (χ2n) is 2.71. The number of azide groups is 1. The van der Waals surface area contributed by atoms with Gasteiger partial charge in [0, 0.05) is 11.5 Å². The summed E-state index contributed by atoms with van der Waals surface area (Å²) >= 11 is 0. The lowest BCUT2D eigenvalue weighted by Gasteiger charge is -2.01. The third-order valence-electron chi connectivity index (χ3n) is 1.63. The summed E-state index contributed by atoms with van der Waals surface area (Å²) in [5.74, 6) is 0.624. The minimum absolute atomic E-state index is 0.172. The maximum atomic E-state index is 8.00. The number of hydrogen-bond acceptors (Lipinski definition) is 2. The molecule has 1 saturated heterocycles. The standard InChI is InChI=1S/C6H11N3O/c1-5-2-6(10-4-5)3-8-9-7/h5-6H,2-4H2,1H3. The maximum absolute atomic E-state index is 8.00. The van der Waals surface area contributed by atoms with Crippen molar-refractivity contribution < 1.29 is 4.74 Å². The molecule has 0 spiro atoms. The number of rotatable bonds is 2. The lowest BCUT2D eigenvalue weighted by molar-refractivity contribution is 0.113. The van der Waals surface area contributed by atoms with Gasteiger partial charge in [0.1, 0.15) is 0 Å². The van der Waals surface area contributed by atoms with Crippen molar-refractivity contribution in [3.63, 3.8) is 0 Å². The molecule has 1 rings (SSSR count). The van der Waals surface area contributed by atoms with Crippen LogP contribution in [0.25, 0.3) is 10.4 Å². The molecule has 0 N–H and O–H groups in total. The molecule has 10 heavy (non-hydrogen) atoms. The minimum Gasteiger partial charge on any atom is -0.378 e. The normalized spacial score (nSPS) is 31.7. The zero-order valence-electron chi connectivity index (χ0n) is 6.03. The average Bonchev–Trinajstić information content (AvgIpc) is 2.31. The Morgan fingerprint density at radius 3 is 3.10 bits per heavy atom. The highest BCUT2D eigenvalue weighted by Gasteiger charge is 2.20. The predicted molar refractivity (Wildman–Crippen MR) is 37.5 cm³/mol. The van der Waals surface area contributed by atoms with Gasteiger partial charge in [-0.1, -0.05) is 12.0 Å². The Kier molecular flexibility index (Phi) is 2.54. The van der Waals surface area contributed by atoms with Crippen LogP contribution in [0.1, 0.15) is 13.3 Å². The van der Waals surface area contributed by atoms with E-state index in [1.54, 1.807) is 0 Å². The number of ether oxygens (including phenoxy) is 1. The fraction of sp³-hybridized carbons (Fsp3) is 1.00. The first kappa shape index (κ1) is 7.38. The first-order valence-corrected chi connectivity index (χ1v) is 3.45. The van der Waals surface area contributed by atoms with Crippen molar-refractivity contribution in [2.24, 2.45) is 11.0 Å². The van der Waals surface area contributed by atoms with E-state index in [1.165, 1.54) is 0 Å². The van der Waals surface area contributed by atoms with Crippen LogP contribution in [-0.4, -0.2) is 19.3 Å². The molecule has 0 aromatic carbocycles. The van der Waals surface area contributed by atoms with E-state index >= 15 is 0 Å². The van der Waals surface area contributed by atoms with E-state index in [0.717, 1.165) is 13.0 Å². The zero-order valence-corrected chi connectivity index (χ0v) is 6.03. The van der Waals surface area contributed by atoms with Crippen molar-refractivity contribution in [2.75, 3.05) is 13.2 Å². The van der Waals surface area contributed by atoms with Gasteiger partial charge in [-0.3, -0.25) is 0 Å². The van der Waals surface area contributed by atoms with Crippen LogP contribution < -0.4 is 0 Å². The summed E-state index contributed by atoms with van der Waals surface area (Å²) in [5, 5.41) is 3.44. The Hall–Kier alpha value is -0.730. The van der Waals surface area contributed by atoms with Crippen molar-refractivity contribution in [1.29, 1.82) is 0 Å². The smallest absolute Gasteiger partial charge is 0.0634 e. The van der Waals surface area contributed by atoms with Crippen molar-refractivity contribution in [3.8, 4) is 0 Å². The predicted octanol–water partition coefficient (Wildman–Crippen LogP) is 1.72. The lowest BCUT2D eigenvalue weighted by atomic mass is 10.1. The molecule has 0 bridgehead atoms. The van der Waals surface area contributed by atoms with Crippen LogP contribution in [0.3, 0.4) is 0 Å². The molecule has 1 aliphatic heterocycles. The van der Waals surface area contributed by atoms with Crippen LogP contribution in [0.15, 0.2) is 5.11 Å². The van der Waals surface area contributed by atoms with E-state index < -0.39 is 0 Å². The van der Waals surface area contributed by atoms with E-state index in [4.69, 9.17) is 10.3 Å². The van der Waals surface area contributed by atoms with E-state index in [-0.39, 0.29) is 6.10 Å². The fourth-order valence-electron chi connectivity index (χ4n) is 1.14. The molecular weight excluding hydrogens is 130 g/mol. The number of hydrogen-bond donors (Lipinski definition) is 0. The second kappa shape index (κ2) is 3.44. The lowest BCUT2D eigenvalue weighted by Crippen LogP contribution is -2.08. The highest BCUT2D eigenvalue weighted by Crippen LogP contribution is 2.18. The molecule has 1 heterocycles. The molecule has 2 unspecified atom stereocenters. The Balaban J connectivity index is 2.24. The molecule has 1 aliphatic rings. The summed E-state index contributed by atoms with van der Waals surface area (Å²) in [5.41, 5.74) is 8.00. The highest BCUT2D eigenvalue weighted by molar-refractivity contribution is 4.72. The highest BCUT2D eigenvalue weighted by atomic mass is 16.5. The van der Waals surface area contributed by atoms with Gasteiger partial charge in [0.2, 0.25) is 0 Å². The van der Waals surface area contributed by atoms with E-state index in [0.29, 0.717) is 12.5 Å². The molecule has 0 aliphatic carbocycles. The minimum atomic E-state index is 0.172. The fourth-order valence-corrected chi connectivity index (χ4v) is 1.14. The van der Waals surface area contributed by atoms with E-state index in [1.807, 2.05) is 0 Å². The summed E-state index contributed by atoms with van der Waals surface area (Å²) in [7, 11) is 0. The SMILES string of the molecule is CC1COC(CN=[N+]=[N-])C1. The van der Waals surface area contributed by atoms with E-state index in [2.05, 4.69) is 16.9 Å². The van der Waals surface area contributed by atoms with Crippen molar-refractivity contribution >= 4 is 0 Å². The molecule has 0 aromatic heterocycles. The van der Waals surface area contributed by atoms with Gasteiger partial charge in [0.15, 0.2) is 0 Å². The molecule has 0 aromatic rings. The summed E-state index contributed by atoms with van der Waals surface area (Å²) in [6, 6.07) is 0. The molecule has 0 amide bonds. The summed E-state index contributed by atoms with van der Waals surface area (Å²) in [4.78, 5) is 2.67. The van der Waals surface area contributed by atoms with Gasteiger partial charge >= 0.3 is 0 Å². The monoisotopic (exact) mass is 141 g/mol. The van der Waals surface area contributed by atoms with Gasteiger partial charge in [-0.25, -0.2) is 0 Å². The Morgan fingerprint density at radius 2 is 2.60 bits per heavy atom. The maximum Gasteiger partial charge on any atom is 0.0634 e. The van der Waals surface area contributed by atoms with Gasteiger partial charge in [0.25, 0.3) is 0 Å². The van der Waals surface area contributed by atoms with E-state index in [9.17, 15) is 0 Å². The molecule has 0 saturated carbocycles. The average molecular weight is 141 g/mol. The summed E-state index contributed by atoms with van der Waals surface area (Å²) in [6.45, 7) is 3.43. The molecule has 56 valence electrons.